The van der Waals surface area contributed by atoms with E-state index in [2.05, 4.69) is 5.32 Å². The zero-order valence-corrected chi connectivity index (χ0v) is 15.7. The van der Waals surface area contributed by atoms with Gasteiger partial charge in [-0.1, -0.05) is 32.9 Å². The van der Waals surface area contributed by atoms with Crippen molar-refractivity contribution in [2.45, 2.75) is 26.8 Å². The molecule has 0 fully saturated rings. The van der Waals surface area contributed by atoms with Gasteiger partial charge in [-0.15, -0.1) is 12.4 Å². The molecule has 0 radical (unpaired) electrons. The second-order valence-corrected chi connectivity index (χ2v) is 6.61. The van der Waals surface area contributed by atoms with E-state index in [1.54, 1.807) is 31.4 Å². The normalized spacial score (nSPS) is 11.9. The van der Waals surface area contributed by atoms with Gasteiger partial charge in [0.2, 0.25) is 5.91 Å². The monoisotopic (exact) mass is 364 g/mol. The molecular weight excluding hydrogens is 340 g/mol. The number of ether oxygens (including phenoxy) is 2. The zero-order valence-electron chi connectivity index (χ0n) is 14.9. The second-order valence-electron chi connectivity index (χ2n) is 6.61. The summed E-state index contributed by atoms with van der Waals surface area (Å²) in [6.07, 6.45) is 0. The van der Waals surface area contributed by atoms with Crippen LogP contribution in [0.1, 0.15) is 20.8 Å². The van der Waals surface area contributed by atoms with Gasteiger partial charge in [0, 0.05) is 5.69 Å². The molecule has 0 aliphatic heterocycles. The maximum atomic E-state index is 12.1. The number of halogens is 1. The van der Waals surface area contributed by atoms with E-state index >= 15 is 0 Å². The molecule has 0 saturated carbocycles. The summed E-state index contributed by atoms with van der Waals surface area (Å²) in [7, 11) is 1.60. The van der Waals surface area contributed by atoms with Gasteiger partial charge >= 0.3 is 0 Å². The maximum absolute atomic E-state index is 12.1. The number of hydrogen-bond acceptors (Lipinski definition) is 4. The molecule has 5 nitrogen and oxygen atoms in total. The van der Waals surface area contributed by atoms with Crippen LogP contribution >= 0.6 is 12.4 Å². The number of hydrogen-bond donors (Lipinski definition) is 2. The standard InChI is InChI=1S/C19H24N2O3.ClH/c1-19(2,3)17(20)18(22)21-13-9-11-14(12-10-13)24-16-8-6-5-7-15(16)23-4;/h5-12,17H,20H2,1-4H3,(H,21,22);1H/t17-;/m1./s1. The molecule has 0 heterocycles. The van der Waals surface area contributed by atoms with Crippen LogP contribution in [0.5, 0.6) is 17.2 Å². The molecule has 0 spiro atoms. The Kier molecular flexibility index (Phi) is 7.27. The summed E-state index contributed by atoms with van der Waals surface area (Å²) in [5.41, 5.74) is 6.33. The van der Waals surface area contributed by atoms with Gasteiger partial charge in [0.25, 0.3) is 0 Å². The van der Waals surface area contributed by atoms with Gasteiger partial charge in [-0.2, -0.15) is 0 Å². The second kappa shape index (κ2) is 8.74. The van der Waals surface area contributed by atoms with Crippen molar-refractivity contribution in [3.8, 4) is 17.2 Å². The predicted octanol–water partition coefficient (Wildman–Crippen LogP) is 4.22. The fraction of sp³-hybridized carbons (Fsp3) is 0.316. The summed E-state index contributed by atoms with van der Waals surface area (Å²) in [6, 6.07) is 13.9. The molecule has 6 heteroatoms. The third kappa shape index (κ3) is 5.66. The zero-order chi connectivity index (χ0) is 17.7. The Hall–Kier alpha value is -2.24. The minimum absolute atomic E-state index is 0. The van der Waals surface area contributed by atoms with Gasteiger partial charge < -0.3 is 20.5 Å². The summed E-state index contributed by atoms with van der Waals surface area (Å²) in [5.74, 6) is 1.73. The molecule has 0 bridgehead atoms. The number of rotatable bonds is 5. The molecule has 1 amide bonds. The summed E-state index contributed by atoms with van der Waals surface area (Å²) < 4.78 is 11.1. The van der Waals surface area contributed by atoms with Gasteiger partial charge in [-0.3, -0.25) is 4.79 Å². The number of nitrogens with two attached hydrogens (primary N) is 1. The lowest BCUT2D eigenvalue weighted by Gasteiger charge is -2.25. The van der Waals surface area contributed by atoms with E-state index in [-0.39, 0.29) is 23.7 Å². The smallest absolute Gasteiger partial charge is 0.241 e. The lowest BCUT2D eigenvalue weighted by molar-refractivity contribution is -0.119. The van der Waals surface area contributed by atoms with Crippen LogP contribution in [0.3, 0.4) is 0 Å². The minimum atomic E-state index is -0.581. The van der Waals surface area contributed by atoms with E-state index in [0.29, 0.717) is 22.9 Å². The molecule has 2 aromatic carbocycles. The van der Waals surface area contributed by atoms with Crippen LogP contribution < -0.4 is 20.5 Å². The van der Waals surface area contributed by atoms with Gasteiger partial charge in [-0.25, -0.2) is 0 Å². The van der Waals surface area contributed by atoms with Crippen molar-refractivity contribution in [1.29, 1.82) is 0 Å². The number of anilines is 1. The number of carbonyl (C=O) groups excluding carboxylic acids is 1. The summed E-state index contributed by atoms with van der Waals surface area (Å²) in [4.78, 5) is 12.1. The molecule has 136 valence electrons. The Balaban J connectivity index is 0.00000312. The number of methoxy groups -OCH3 is 1. The van der Waals surface area contributed by atoms with E-state index in [1.807, 2.05) is 45.0 Å². The quantitative estimate of drug-likeness (QED) is 0.833. The van der Waals surface area contributed by atoms with Crippen molar-refractivity contribution in [3.05, 3.63) is 48.5 Å². The number of carbonyl (C=O) groups is 1. The first-order chi connectivity index (χ1) is 11.3. The topological polar surface area (TPSA) is 73.6 Å². The molecule has 2 rings (SSSR count). The Morgan fingerprint density at radius 2 is 1.60 bits per heavy atom. The van der Waals surface area contributed by atoms with Crippen molar-refractivity contribution in [2.75, 3.05) is 12.4 Å². The third-order valence-electron chi connectivity index (χ3n) is 3.63. The largest absolute Gasteiger partial charge is 0.493 e. The van der Waals surface area contributed by atoms with E-state index in [4.69, 9.17) is 15.2 Å². The Morgan fingerprint density at radius 3 is 2.12 bits per heavy atom. The first-order valence-corrected chi connectivity index (χ1v) is 7.78. The Labute approximate surface area is 154 Å². The summed E-state index contributed by atoms with van der Waals surface area (Å²) in [6.45, 7) is 5.80. The Morgan fingerprint density at radius 1 is 1.04 bits per heavy atom. The van der Waals surface area contributed by atoms with Crippen LogP contribution in [0.25, 0.3) is 0 Å². The number of nitrogens with one attached hydrogen (secondary N) is 1. The van der Waals surface area contributed by atoms with Crippen molar-refractivity contribution < 1.29 is 14.3 Å². The van der Waals surface area contributed by atoms with E-state index in [1.165, 1.54) is 0 Å². The molecule has 0 aliphatic rings. The first-order valence-electron chi connectivity index (χ1n) is 7.78. The van der Waals surface area contributed by atoms with Crippen molar-refractivity contribution in [2.24, 2.45) is 11.1 Å². The molecule has 0 aliphatic carbocycles. The van der Waals surface area contributed by atoms with Crippen LogP contribution in [0.4, 0.5) is 5.69 Å². The van der Waals surface area contributed by atoms with Crippen molar-refractivity contribution >= 4 is 24.0 Å². The van der Waals surface area contributed by atoms with Crippen LogP contribution in [0.15, 0.2) is 48.5 Å². The molecular formula is C19H25ClN2O3. The fourth-order valence-corrected chi connectivity index (χ4v) is 2.05. The highest BCUT2D eigenvalue weighted by atomic mass is 35.5. The number of para-hydroxylation sites is 2. The molecule has 0 aromatic heterocycles. The molecule has 2 aromatic rings. The van der Waals surface area contributed by atoms with Crippen LogP contribution in [0, 0.1) is 5.41 Å². The van der Waals surface area contributed by atoms with Crippen LogP contribution in [0.2, 0.25) is 0 Å². The van der Waals surface area contributed by atoms with Crippen LogP contribution in [-0.4, -0.2) is 19.1 Å². The first kappa shape index (κ1) is 20.8. The number of benzene rings is 2. The van der Waals surface area contributed by atoms with Crippen molar-refractivity contribution in [3.63, 3.8) is 0 Å². The van der Waals surface area contributed by atoms with Gasteiger partial charge in [0.05, 0.1) is 13.2 Å². The molecule has 3 N–H and O–H groups in total. The molecule has 1 atom stereocenters. The van der Waals surface area contributed by atoms with E-state index in [9.17, 15) is 4.79 Å². The van der Waals surface area contributed by atoms with Crippen molar-refractivity contribution in [1.82, 2.24) is 0 Å². The fourth-order valence-electron chi connectivity index (χ4n) is 2.05. The highest BCUT2D eigenvalue weighted by Gasteiger charge is 2.27. The van der Waals surface area contributed by atoms with E-state index in [0.717, 1.165) is 0 Å². The minimum Gasteiger partial charge on any atom is -0.493 e. The highest BCUT2D eigenvalue weighted by molar-refractivity contribution is 5.95. The molecule has 25 heavy (non-hydrogen) atoms. The maximum Gasteiger partial charge on any atom is 0.241 e. The van der Waals surface area contributed by atoms with Gasteiger partial charge in [-0.05, 0) is 41.8 Å². The Bertz CT molecular complexity index is 697. The summed E-state index contributed by atoms with van der Waals surface area (Å²) in [5, 5.41) is 2.82. The lowest BCUT2D eigenvalue weighted by atomic mass is 9.87. The van der Waals surface area contributed by atoms with E-state index < -0.39 is 6.04 Å². The number of amides is 1. The summed E-state index contributed by atoms with van der Waals surface area (Å²) >= 11 is 0. The average Bonchev–Trinajstić information content (AvgIpc) is 2.55. The highest BCUT2D eigenvalue weighted by Crippen LogP contribution is 2.31. The van der Waals surface area contributed by atoms with Crippen LogP contribution in [-0.2, 0) is 4.79 Å². The molecule has 0 saturated heterocycles. The average molecular weight is 365 g/mol. The SMILES string of the molecule is COc1ccccc1Oc1ccc(NC(=O)[C@@H](N)C(C)(C)C)cc1.Cl. The third-order valence-corrected chi connectivity index (χ3v) is 3.63. The predicted molar refractivity (Wildman–Crippen MR) is 103 cm³/mol. The van der Waals surface area contributed by atoms with Gasteiger partial charge in [0.15, 0.2) is 11.5 Å². The lowest BCUT2D eigenvalue weighted by Crippen LogP contribution is -2.45. The molecule has 0 unspecified atom stereocenters. The van der Waals surface area contributed by atoms with Gasteiger partial charge in [0.1, 0.15) is 5.75 Å².